The van der Waals surface area contributed by atoms with Crippen molar-refractivity contribution in [3.8, 4) is 11.5 Å². The highest BCUT2D eigenvalue weighted by atomic mass is 16.5. The van der Waals surface area contributed by atoms with Crippen LogP contribution in [0, 0.1) is 0 Å². The van der Waals surface area contributed by atoms with E-state index >= 15 is 0 Å². The topological polar surface area (TPSA) is 103 Å². The van der Waals surface area contributed by atoms with E-state index in [0.717, 1.165) is 0 Å². The lowest BCUT2D eigenvalue weighted by Crippen LogP contribution is -2.41. The van der Waals surface area contributed by atoms with Crippen molar-refractivity contribution in [1.82, 2.24) is 10.6 Å². The number of methoxy groups -OCH3 is 2. The van der Waals surface area contributed by atoms with Crippen LogP contribution in [0.4, 0.5) is 4.79 Å². The Kier molecular flexibility index (Phi) is 6.76. The number of esters is 1. The lowest BCUT2D eigenvalue weighted by atomic mass is 10.1. The Bertz CT molecular complexity index is 800. The van der Waals surface area contributed by atoms with Crippen LogP contribution in [0.5, 0.6) is 11.5 Å². The zero-order valence-electron chi connectivity index (χ0n) is 15.1. The Morgan fingerprint density at radius 3 is 2.04 bits per heavy atom. The van der Waals surface area contributed by atoms with Crippen LogP contribution in [-0.4, -0.2) is 39.2 Å². The monoisotopic (exact) mass is 372 g/mol. The summed E-state index contributed by atoms with van der Waals surface area (Å²) in [7, 11) is 4.27. The van der Waals surface area contributed by atoms with Crippen LogP contribution in [0.3, 0.4) is 0 Å². The van der Waals surface area contributed by atoms with Crippen LogP contribution in [0.25, 0.3) is 0 Å². The molecule has 0 aliphatic carbocycles. The Labute approximate surface area is 156 Å². The number of nitrogens with one attached hydrogen (secondary N) is 2. The first-order valence-corrected chi connectivity index (χ1v) is 8.00. The molecule has 2 N–H and O–H groups in total. The SMILES string of the molecule is CNC(=O)NC(=O)[C@H](OC(=O)c1cc(OC)cc(OC)c1)c1ccccc1. The number of benzene rings is 2. The maximum absolute atomic E-state index is 12.6. The van der Waals surface area contributed by atoms with E-state index in [1.54, 1.807) is 36.4 Å². The van der Waals surface area contributed by atoms with Gasteiger partial charge in [0, 0.05) is 18.7 Å². The van der Waals surface area contributed by atoms with E-state index in [2.05, 4.69) is 10.6 Å². The molecule has 2 aromatic rings. The Morgan fingerprint density at radius 1 is 0.926 bits per heavy atom. The number of hydrogen-bond acceptors (Lipinski definition) is 6. The molecule has 0 saturated heterocycles. The summed E-state index contributed by atoms with van der Waals surface area (Å²) in [5.41, 5.74) is 0.557. The van der Waals surface area contributed by atoms with Gasteiger partial charge < -0.3 is 19.5 Å². The highest BCUT2D eigenvalue weighted by molar-refractivity contribution is 5.99. The molecule has 0 aliphatic rings. The summed E-state index contributed by atoms with van der Waals surface area (Å²) < 4.78 is 15.7. The van der Waals surface area contributed by atoms with E-state index in [0.29, 0.717) is 17.1 Å². The number of carbonyl (C=O) groups is 3. The van der Waals surface area contributed by atoms with Gasteiger partial charge in [0.05, 0.1) is 19.8 Å². The molecule has 3 amide bonds. The van der Waals surface area contributed by atoms with Crippen molar-refractivity contribution in [2.24, 2.45) is 0 Å². The second-order valence-corrected chi connectivity index (χ2v) is 5.37. The van der Waals surface area contributed by atoms with Crippen molar-refractivity contribution < 1.29 is 28.6 Å². The molecule has 0 aromatic heterocycles. The number of hydrogen-bond donors (Lipinski definition) is 2. The first-order valence-electron chi connectivity index (χ1n) is 8.00. The van der Waals surface area contributed by atoms with E-state index in [9.17, 15) is 14.4 Å². The van der Waals surface area contributed by atoms with Crippen LogP contribution in [0.1, 0.15) is 22.0 Å². The van der Waals surface area contributed by atoms with E-state index < -0.39 is 24.0 Å². The van der Waals surface area contributed by atoms with Gasteiger partial charge in [0.25, 0.3) is 5.91 Å². The lowest BCUT2D eigenvalue weighted by Gasteiger charge is -2.18. The number of amides is 3. The summed E-state index contributed by atoms with van der Waals surface area (Å²) in [5.74, 6) is -0.753. The molecule has 0 fully saturated rings. The van der Waals surface area contributed by atoms with Crippen LogP contribution in [-0.2, 0) is 9.53 Å². The molecule has 27 heavy (non-hydrogen) atoms. The van der Waals surface area contributed by atoms with Gasteiger partial charge in [-0.05, 0) is 12.1 Å². The predicted octanol–water partition coefficient (Wildman–Crippen LogP) is 2.06. The number of carbonyl (C=O) groups excluding carboxylic acids is 3. The van der Waals surface area contributed by atoms with Gasteiger partial charge in [-0.3, -0.25) is 10.1 Å². The van der Waals surface area contributed by atoms with Crippen LogP contribution < -0.4 is 20.1 Å². The van der Waals surface area contributed by atoms with Gasteiger partial charge in [-0.2, -0.15) is 0 Å². The van der Waals surface area contributed by atoms with Gasteiger partial charge in [-0.15, -0.1) is 0 Å². The first kappa shape index (κ1) is 19.8. The average Bonchev–Trinajstić information content (AvgIpc) is 2.71. The third-order valence-corrected chi connectivity index (χ3v) is 3.62. The molecule has 2 rings (SSSR count). The van der Waals surface area contributed by atoms with E-state index in [1.807, 2.05) is 0 Å². The normalized spacial score (nSPS) is 11.1. The van der Waals surface area contributed by atoms with E-state index in [1.165, 1.54) is 33.4 Å². The first-order chi connectivity index (χ1) is 13.0. The van der Waals surface area contributed by atoms with E-state index in [4.69, 9.17) is 14.2 Å². The maximum atomic E-state index is 12.6. The summed E-state index contributed by atoms with van der Waals surface area (Å²) in [6, 6.07) is 12.2. The lowest BCUT2D eigenvalue weighted by molar-refractivity contribution is -0.129. The summed E-state index contributed by atoms with van der Waals surface area (Å²) in [4.78, 5) is 36.5. The summed E-state index contributed by atoms with van der Waals surface area (Å²) in [6.07, 6.45) is -1.31. The molecule has 8 nitrogen and oxygen atoms in total. The summed E-state index contributed by atoms with van der Waals surface area (Å²) in [5, 5.41) is 4.39. The van der Waals surface area contributed by atoms with Crippen molar-refractivity contribution in [1.29, 1.82) is 0 Å². The number of ether oxygens (including phenoxy) is 3. The standard InChI is InChI=1S/C19H20N2O6/c1-20-19(24)21-17(22)16(12-7-5-4-6-8-12)27-18(23)13-9-14(25-2)11-15(10-13)26-3/h4-11,16H,1-3H3,(H2,20,21,22,24)/t16-/m1/s1. The summed E-state index contributed by atoms with van der Waals surface area (Å²) in [6.45, 7) is 0. The Balaban J connectivity index is 2.30. The van der Waals surface area contributed by atoms with Gasteiger partial charge in [-0.1, -0.05) is 30.3 Å². The molecular formula is C19H20N2O6. The fourth-order valence-corrected chi connectivity index (χ4v) is 2.24. The largest absolute Gasteiger partial charge is 0.497 e. The van der Waals surface area contributed by atoms with Crippen LogP contribution in [0.15, 0.2) is 48.5 Å². The fourth-order valence-electron chi connectivity index (χ4n) is 2.24. The minimum atomic E-state index is -1.31. The quantitative estimate of drug-likeness (QED) is 0.753. The Morgan fingerprint density at radius 2 is 1.52 bits per heavy atom. The Hall–Kier alpha value is -3.55. The van der Waals surface area contributed by atoms with Crippen molar-refractivity contribution in [3.63, 3.8) is 0 Å². The minimum Gasteiger partial charge on any atom is -0.497 e. The van der Waals surface area contributed by atoms with Gasteiger partial charge in [0.2, 0.25) is 6.10 Å². The zero-order valence-corrected chi connectivity index (χ0v) is 15.1. The zero-order chi connectivity index (χ0) is 19.8. The second kappa shape index (κ2) is 9.23. The summed E-state index contributed by atoms with van der Waals surface area (Å²) >= 11 is 0. The van der Waals surface area contributed by atoms with Gasteiger partial charge in [0.1, 0.15) is 11.5 Å². The van der Waals surface area contributed by atoms with Crippen molar-refractivity contribution in [3.05, 3.63) is 59.7 Å². The molecule has 0 bridgehead atoms. The highest BCUT2D eigenvalue weighted by Gasteiger charge is 2.27. The third kappa shape index (κ3) is 5.21. The molecular weight excluding hydrogens is 352 g/mol. The van der Waals surface area contributed by atoms with Gasteiger partial charge in [-0.25, -0.2) is 9.59 Å². The molecule has 0 aliphatic heterocycles. The molecule has 0 radical (unpaired) electrons. The molecule has 1 atom stereocenters. The van der Waals surface area contributed by atoms with E-state index in [-0.39, 0.29) is 5.56 Å². The molecule has 142 valence electrons. The third-order valence-electron chi connectivity index (χ3n) is 3.62. The van der Waals surface area contributed by atoms with Crippen molar-refractivity contribution in [2.75, 3.05) is 21.3 Å². The molecule has 2 aromatic carbocycles. The van der Waals surface area contributed by atoms with Gasteiger partial charge in [0.15, 0.2) is 0 Å². The average molecular weight is 372 g/mol. The number of urea groups is 1. The van der Waals surface area contributed by atoms with Gasteiger partial charge >= 0.3 is 12.0 Å². The van der Waals surface area contributed by atoms with Crippen molar-refractivity contribution in [2.45, 2.75) is 6.10 Å². The smallest absolute Gasteiger partial charge is 0.339 e. The van der Waals surface area contributed by atoms with Crippen LogP contribution in [0.2, 0.25) is 0 Å². The molecule has 0 heterocycles. The molecule has 8 heteroatoms. The fraction of sp³-hybridized carbons (Fsp3) is 0.211. The predicted molar refractivity (Wildman–Crippen MR) is 96.7 cm³/mol. The molecule has 0 saturated carbocycles. The number of rotatable bonds is 6. The molecule has 0 unspecified atom stereocenters. The molecule has 0 spiro atoms. The highest BCUT2D eigenvalue weighted by Crippen LogP contribution is 2.25. The maximum Gasteiger partial charge on any atom is 0.339 e. The van der Waals surface area contributed by atoms with Crippen molar-refractivity contribution >= 4 is 17.9 Å². The van der Waals surface area contributed by atoms with Crippen LogP contribution >= 0.6 is 0 Å². The second-order valence-electron chi connectivity index (χ2n) is 5.37. The minimum absolute atomic E-state index is 0.139. The number of imide groups is 1.